The number of nitrogens with zero attached hydrogens (tertiary/aromatic N) is 3. The third-order valence-electron chi connectivity index (χ3n) is 5.03. The van der Waals surface area contributed by atoms with E-state index in [4.69, 9.17) is 4.52 Å². The number of aryl methyl sites for hydroxylation is 1. The summed E-state index contributed by atoms with van der Waals surface area (Å²) in [6.45, 7) is 9.01. The fourth-order valence-electron chi connectivity index (χ4n) is 3.35. The summed E-state index contributed by atoms with van der Waals surface area (Å²) >= 11 is 0. The highest BCUT2D eigenvalue weighted by Crippen LogP contribution is 2.17. The summed E-state index contributed by atoms with van der Waals surface area (Å²) < 4.78 is 4.96. The molecule has 8 heteroatoms. The Kier molecular flexibility index (Phi) is 8.57. The second-order valence-corrected chi connectivity index (χ2v) is 7.10. The van der Waals surface area contributed by atoms with E-state index in [1.807, 2.05) is 0 Å². The van der Waals surface area contributed by atoms with Crippen molar-refractivity contribution in [3.05, 3.63) is 11.8 Å². The van der Waals surface area contributed by atoms with Crippen LogP contribution in [0.1, 0.15) is 51.7 Å². The van der Waals surface area contributed by atoms with Crippen molar-refractivity contribution in [2.45, 2.75) is 58.9 Å². The first kappa shape index (κ1) is 21.2. The van der Waals surface area contributed by atoms with Gasteiger partial charge in [-0.1, -0.05) is 38.3 Å². The summed E-state index contributed by atoms with van der Waals surface area (Å²) in [6, 6.07) is 1.70. The van der Waals surface area contributed by atoms with Gasteiger partial charge in [0.25, 0.3) is 0 Å². The fraction of sp³-hybridized carbons (Fsp3) is 0.737. The van der Waals surface area contributed by atoms with Crippen molar-refractivity contribution in [2.75, 3.05) is 38.0 Å². The minimum Gasteiger partial charge on any atom is -0.360 e. The number of carbonyl (C=O) groups excluding carboxylic acids is 2. The van der Waals surface area contributed by atoms with Crippen LogP contribution in [0.3, 0.4) is 0 Å². The van der Waals surface area contributed by atoms with Crippen molar-refractivity contribution in [2.24, 2.45) is 0 Å². The number of hydrogen-bond acceptors (Lipinski definition) is 5. The molecular weight excluding hydrogens is 346 g/mol. The Bertz CT molecular complexity index is 594. The van der Waals surface area contributed by atoms with Gasteiger partial charge < -0.3 is 25.0 Å². The van der Waals surface area contributed by atoms with Gasteiger partial charge in [0, 0.05) is 25.2 Å². The third kappa shape index (κ3) is 7.21. The molecule has 1 aliphatic rings. The Labute approximate surface area is 161 Å². The molecule has 3 amide bonds. The maximum absolute atomic E-state index is 12.8. The molecule has 1 heterocycles. The molecule has 0 spiro atoms. The summed E-state index contributed by atoms with van der Waals surface area (Å²) in [5, 5.41) is 9.56. The summed E-state index contributed by atoms with van der Waals surface area (Å²) in [7, 11) is 0. The van der Waals surface area contributed by atoms with Gasteiger partial charge in [0.05, 0.1) is 0 Å². The van der Waals surface area contributed by atoms with E-state index in [1.165, 1.54) is 6.42 Å². The van der Waals surface area contributed by atoms with Crippen molar-refractivity contribution in [3.8, 4) is 0 Å². The van der Waals surface area contributed by atoms with E-state index in [-0.39, 0.29) is 24.5 Å². The van der Waals surface area contributed by atoms with Crippen LogP contribution in [0, 0.1) is 6.92 Å². The number of carbonyl (C=O) groups is 2. The topological polar surface area (TPSA) is 90.7 Å². The zero-order valence-corrected chi connectivity index (χ0v) is 16.8. The number of anilines is 1. The van der Waals surface area contributed by atoms with Gasteiger partial charge in [0.15, 0.2) is 5.82 Å². The summed E-state index contributed by atoms with van der Waals surface area (Å²) in [6.07, 6.45) is 5.56. The highest BCUT2D eigenvalue weighted by molar-refractivity contribution is 5.93. The molecule has 1 aliphatic carbocycles. The zero-order chi connectivity index (χ0) is 19.6. The van der Waals surface area contributed by atoms with Crippen LogP contribution >= 0.6 is 0 Å². The Morgan fingerprint density at radius 1 is 1.19 bits per heavy atom. The van der Waals surface area contributed by atoms with Crippen LogP contribution in [-0.4, -0.2) is 65.7 Å². The highest BCUT2D eigenvalue weighted by Gasteiger charge is 2.22. The summed E-state index contributed by atoms with van der Waals surface area (Å²) in [4.78, 5) is 29.0. The lowest BCUT2D eigenvalue weighted by atomic mass is 9.96. The number of hydrogen-bond donors (Lipinski definition) is 2. The van der Waals surface area contributed by atoms with Crippen LogP contribution in [-0.2, 0) is 4.79 Å². The maximum Gasteiger partial charge on any atom is 0.318 e. The van der Waals surface area contributed by atoms with Crippen LogP contribution in [0.15, 0.2) is 10.6 Å². The van der Waals surface area contributed by atoms with Gasteiger partial charge in [-0.15, -0.1) is 0 Å². The van der Waals surface area contributed by atoms with Crippen LogP contribution in [0.2, 0.25) is 0 Å². The molecule has 27 heavy (non-hydrogen) atoms. The highest BCUT2D eigenvalue weighted by atomic mass is 16.5. The quantitative estimate of drug-likeness (QED) is 0.688. The minimum atomic E-state index is -0.276. The summed E-state index contributed by atoms with van der Waals surface area (Å²) in [5.41, 5.74) is 0. The molecule has 2 rings (SSSR count). The lowest BCUT2D eigenvalue weighted by molar-refractivity contribution is -0.116. The third-order valence-corrected chi connectivity index (χ3v) is 5.03. The second-order valence-electron chi connectivity index (χ2n) is 7.10. The van der Waals surface area contributed by atoms with E-state index >= 15 is 0 Å². The van der Waals surface area contributed by atoms with Gasteiger partial charge in [-0.3, -0.25) is 4.79 Å². The molecule has 0 atom stereocenters. The van der Waals surface area contributed by atoms with E-state index in [9.17, 15) is 9.59 Å². The van der Waals surface area contributed by atoms with Gasteiger partial charge in [-0.2, -0.15) is 0 Å². The predicted octanol–water partition coefficient (Wildman–Crippen LogP) is 2.61. The second kappa shape index (κ2) is 10.9. The van der Waals surface area contributed by atoms with Gasteiger partial charge in [-0.05, 0) is 32.9 Å². The molecule has 0 bridgehead atoms. The Morgan fingerprint density at radius 3 is 2.48 bits per heavy atom. The van der Waals surface area contributed by atoms with Gasteiger partial charge in [-0.25, -0.2) is 4.79 Å². The first-order valence-electron chi connectivity index (χ1n) is 10.0. The zero-order valence-electron chi connectivity index (χ0n) is 16.8. The van der Waals surface area contributed by atoms with Crippen molar-refractivity contribution in [1.82, 2.24) is 20.3 Å². The number of amides is 3. The lowest BCUT2D eigenvalue weighted by Gasteiger charge is -2.29. The molecule has 0 saturated heterocycles. The standard InChI is InChI=1S/C19H33N5O3/c1-4-23(5-2)11-12-24(19(26)20-16-9-7-6-8-10-16)14-18(25)21-17-13-15(3)27-22-17/h13,16H,4-12,14H2,1-3H3,(H,20,26)(H,21,22,25). The molecule has 1 aromatic heterocycles. The number of aromatic nitrogens is 1. The van der Waals surface area contributed by atoms with E-state index in [1.54, 1.807) is 17.9 Å². The first-order chi connectivity index (χ1) is 13.0. The van der Waals surface area contributed by atoms with E-state index in [2.05, 4.69) is 34.5 Å². The maximum atomic E-state index is 12.8. The van der Waals surface area contributed by atoms with Crippen molar-refractivity contribution in [3.63, 3.8) is 0 Å². The summed E-state index contributed by atoms with van der Waals surface area (Å²) in [5.74, 6) is 0.717. The number of nitrogens with one attached hydrogen (secondary N) is 2. The monoisotopic (exact) mass is 379 g/mol. The molecule has 0 radical (unpaired) electrons. The Balaban J connectivity index is 1.94. The van der Waals surface area contributed by atoms with Gasteiger partial charge in [0.2, 0.25) is 5.91 Å². The van der Waals surface area contributed by atoms with Gasteiger partial charge >= 0.3 is 6.03 Å². The minimum absolute atomic E-state index is 0.00820. The molecule has 0 aliphatic heterocycles. The van der Waals surface area contributed by atoms with E-state index in [0.717, 1.165) is 45.3 Å². The van der Waals surface area contributed by atoms with E-state index in [0.29, 0.717) is 18.1 Å². The van der Waals surface area contributed by atoms with Crippen LogP contribution in [0.4, 0.5) is 10.6 Å². The average molecular weight is 380 g/mol. The predicted molar refractivity (Wildman–Crippen MR) is 105 cm³/mol. The molecule has 1 saturated carbocycles. The lowest BCUT2D eigenvalue weighted by Crippen LogP contribution is -2.50. The molecule has 0 unspecified atom stereocenters. The molecule has 8 nitrogen and oxygen atoms in total. The molecule has 0 aromatic carbocycles. The number of rotatable bonds is 9. The molecule has 1 aromatic rings. The molecule has 2 N–H and O–H groups in total. The normalized spacial score (nSPS) is 15.0. The Morgan fingerprint density at radius 2 is 1.89 bits per heavy atom. The van der Waals surface area contributed by atoms with Gasteiger partial charge in [0.1, 0.15) is 12.3 Å². The van der Waals surface area contributed by atoms with Crippen LogP contribution in [0.25, 0.3) is 0 Å². The largest absolute Gasteiger partial charge is 0.360 e. The first-order valence-corrected chi connectivity index (χ1v) is 10.0. The molecular formula is C19H33N5O3. The number of likely N-dealkylation sites (N-methyl/N-ethyl adjacent to an activating group) is 1. The Hall–Kier alpha value is -2.09. The fourth-order valence-corrected chi connectivity index (χ4v) is 3.35. The number of urea groups is 1. The van der Waals surface area contributed by atoms with Crippen molar-refractivity contribution < 1.29 is 14.1 Å². The molecule has 152 valence electrons. The smallest absolute Gasteiger partial charge is 0.318 e. The molecule has 1 fully saturated rings. The van der Waals surface area contributed by atoms with Crippen molar-refractivity contribution >= 4 is 17.8 Å². The van der Waals surface area contributed by atoms with Crippen molar-refractivity contribution in [1.29, 1.82) is 0 Å². The van der Waals surface area contributed by atoms with Crippen LogP contribution in [0.5, 0.6) is 0 Å². The average Bonchev–Trinajstić information content (AvgIpc) is 3.06. The van der Waals surface area contributed by atoms with Crippen LogP contribution < -0.4 is 10.6 Å². The van der Waals surface area contributed by atoms with E-state index < -0.39 is 0 Å². The SMILES string of the molecule is CCN(CC)CCN(CC(=O)Nc1cc(C)on1)C(=O)NC1CCCCC1.